The normalized spacial score (nSPS) is 15.8. The summed E-state index contributed by atoms with van der Waals surface area (Å²) in [5.41, 5.74) is 3.21. The molecule has 0 saturated carbocycles. The van der Waals surface area contributed by atoms with Gasteiger partial charge >= 0.3 is 6.03 Å². The second-order valence-corrected chi connectivity index (χ2v) is 8.37. The quantitative estimate of drug-likeness (QED) is 0.573. The van der Waals surface area contributed by atoms with E-state index in [1.807, 2.05) is 30.5 Å². The monoisotopic (exact) mass is 449 g/mol. The number of halogens is 1. The number of benzene rings is 2. The Kier molecular flexibility index (Phi) is 5.45. The lowest BCUT2D eigenvalue weighted by molar-refractivity contribution is -0.131. The van der Waals surface area contributed by atoms with Crippen LogP contribution in [0.15, 0.2) is 42.6 Å². The van der Waals surface area contributed by atoms with Crippen LogP contribution in [0.25, 0.3) is 10.9 Å². The number of rotatable bonds is 3. The molecule has 3 aromatic rings. The van der Waals surface area contributed by atoms with Crippen molar-refractivity contribution < 1.29 is 18.8 Å². The maximum Gasteiger partial charge on any atom is 0.322 e. The van der Waals surface area contributed by atoms with E-state index in [2.05, 4.69) is 15.6 Å². The number of fused-ring (bicyclic) bond motifs is 2. The van der Waals surface area contributed by atoms with E-state index in [9.17, 15) is 18.8 Å². The molecule has 33 heavy (non-hydrogen) atoms. The number of hydrogen-bond donors (Lipinski definition) is 3. The molecule has 2 aromatic carbocycles. The first-order valence-corrected chi connectivity index (χ1v) is 11.0. The highest BCUT2D eigenvalue weighted by Crippen LogP contribution is 2.29. The third-order valence-electron chi connectivity index (χ3n) is 6.27. The van der Waals surface area contributed by atoms with Crippen LogP contribution in [-0.2, 0) is 22.4 Å². The third kappa shape index (κ3) is 4.26. The zero-order valence-electron chi connectivity index (χ0n) is 18.0. The number of aromatic amines is 1. The molecular weight excluding hydrogens is 425 g/mol. The van der Waals surface area contributed by atoms with E-state index >= 15 is 0 Å². The van der Waals surface area contributed by atoms with Crippen LogP contribution >= 0.6 is 0 Å². The van der Waals surface area contributed by atoms with E-state index in [0.29, 0.717) is 56.7 Å². The van der Waals surface area contributed by atoms with Gasteiger partial charge in [0.25, 0.3) is 0 Å². The SMILES string of the molecule is O=C1CCc2cc(F)c(NC(=O)N3CCN(C(=O)Cc4c[nH]c5ccccc45)CC3)cc2N1. The largest absolute Gasteiger partial charge is 0.361 e. The Labute approximate surface area is 189 Å². The molecule has 1 fully saturated rings. The van der Waals surface area contributed by atoms with Crippen LogP contribution in [0.5, 0.6) is 0 Å². The predicted octanol–water partition coefficient (Wildman–Crippen LogP) is 3.11. The van der Waals surface area contributed by atoms with Gasteiger partial charge in [0.05, 0.1) is 12.1 Å². The number of anilines is 2. The van der Waals surface area contributed by atoms with Gasteiger partial charge in [0, 0.05) is 55.4 Å². The molecule has 3 heterocycles. The second-order valence-electron chi connectivity index (χ2n) is 8.37. The van der Waals surface area contributed by atoms with Crippen LogP contribution in [-0.4, -0.2) is 58.8 Å². The van der Waals surface area contributed by atoms with Crippen LogP contribution in [0.4, 0.5) is 20.6 Å². The summed E-state index contributed by atoms with van der Waals surface area (Å²) in [5, 5.41) is 6.34. The highest BCUT2D eigenvalue weighted by molar-refractivity contribution is 5.96. The van der Waals surface area contributed by atoms with Crippen molar-refractivity contribution in [2.45, 2.75) is 19.3 Å². The summed E-state index contributed by atoms with van der Waals surface area (Å²) in [6.07, 6.45) is 2.95. The van der Waals surface area contributed by atoms with Gasteiger partial charge in [-0.05, 0) is 35.7 Å². The Morgan fingerprint density at radius 3 is 2.61 bits per heavy atom. The number of urea groups is 1. The standard InChI is InChI=1S/C24H24FN5O3/c25-18-11-15-5-6-22(31)27-20(15)13-21(18)28-24(33)30-9-7-29(8-10-30)23(32)12-16-14-26-19-4-2-1-3-17(16)19/h1-4,11,13-14,26H,5-10,12H2,(H,27,31)(H,28,33). The summed E-state index contributed by atoms with van der Waals surface area (Å²) in [6.45, 7) is 1.54. The number of nitrogens with one attached hydrogen (secondary N) is 3. The Balaban J connectivity index is 1.18. The van der Waals surface area contributed by atoms with Crippen LogP contribution in [0.2, 0.25) is 0 Å². The van der Waals surface area contributed by atoms with Crippen LogP contribution < -0.4 is 10.6 Å². The van der Waals surface area contributed by atoms with Crippen molar-refractivity contribution in [3.63, 3.8) is 0 Å². The molecule has 0 spiro atoms. The molecule has 5 rings (SSSR count). The molecule has 0 bridgehead atoms. The van der Waals surface area contributed by atoms with Crippen LogP contribution in [0.3, 0.4) is 0 Å². The van der Waals surface area contributed by atoms with Gasteiger partial charge in [0.2, 0.25) is 11.8 Å². The van der Waals surface area contributed by atoms with Crippen molar-refractivity contribution in [1.29, 1.82) is 0 Å². The summed E-state index contributed by atoms with van der Waals surface area (Å²) in [6, 6.07) is 10.2. The van der Waals surface area contributed by atoms with Gasteiger partial charge in [0.15, 0.2) is 0 Å². The predicted molar refractivity (Wildman–Crippen MR) is 123 cm³/mol. The Morgan fingerprint density at radius 1 is 1.03 bits per heavy atom. The second kappa shape index (κ2) is 8.57. The van der Waals surface area contributed by atoms with Crippen LogP contribution in [0, 0.1) is 5.82 Å². The minimum absolute atomic E-state index is 0.0104. The number of piperazine rings is 1. The molecule has 2 aliphatic rings. The molecule has 0 radical (unpaired) electrons. The van der Waals surface area contributed by atoms with E-state index in [-0.39, 0.29) is 17.5 Å². The molecule has 0 unspecified atom stereocenters. The minimum atomic E-state index is -0.536. The minimum Gasteiger partial charge on any atom is -0.361 e. The lowest BCUT2D eigenvalue weighted by Crippen LogP contribution is -2.52. The average Bonchev–Trinajstić information content (AvgIpc) is 3.22. The molecule has 0 atom stereocenters. The maximum atomic E-state index is 14.5. The zero-order valence-corrected chi connectivity index (χ0v) is 18.0. The molecule has 4 amide bonds. The summed E-state index contributed by atoms with van der Waals surface area (Å²) >= 11 is 0. The fourth-order valence-corrected chi connectivity index (χ4v) is 4.40. The van der Waals surface area contributed by atoms with Gasteiger partial charge in [-0.25, -0.2) is 9.18 Å². The van der Waals surface area contributed by atoms with Crippen molar-refractivity contribution >= 4 is 40.1 Å². The van der Waals surface area contributed by atoms with Crippen LogP contribution in [0.1, 0.15) is 17.5 Å². The molecule has 1 saturated heterocycles. The number of carbonyl (C=O) groups is 3. The first-order valence-electron chi connectivity index (χ1n) is 11.0. The van der Waals surface area contributed by atoms with E-state index in [1.54, 1.807) is 9.80 Å². The molecule has 8 nitrogen and oxygen atoms in total. The Hall–Kier alpha value is -3.88. The molecular formula is C24H24FN5O3. The summed E-state index contributed by atoms with van der Waals surface area (Å²) in [4.78, 5) is 43.6. The fourth-order valence-electron chi connectivity index (χ4n) is 4.40. The van der Waals surface area contributed by atoms with Gasteiger partial charge in [-0.3, -0.25) is 9.59 Å². The van der Waals surface area contributed by atoms with Crippen molar-refractivity contribution in [2.75, 3.05) is 36.8 Å². The van der Waals surface area contributed by atoms with Crippen molar-refractivity contribution in [3.8, 4) is 0 Å². The summed E-state index contributed by atoms with van der Waals surface area (Å²) < 4.78 is 14.5. The number of para-hydroxylation sites is 1. The molecule has 1 aromatic heterocycles. The van der Waals surface area contributed by atoms with Gasteiger partial charge in [-0.2, -0.15) is 0 Å². The van der Waals surface area contributed by atoms with Gasteiger partial charge < -0.3 is 25.4 Å². The molecule has 9 heteroatoms. The van der Waals surface area contributed by atoms with E-state index in [1.165, 1.54) is 12.1 Å². The van der Waals surface area contributed by atoms with Crippen molar-refractivity contribution in [1.82, 2.24) is 14.8 Å². The summed E-state index contributed by atoms with van der Waals surface area (Å²) in [7, 11) is 0. The fraction of sp³-hybridized carbons (Fsp3) is 0.292. The lowest BCUT2D eigenvalue weighted by Gasteiger charge is -2.34. The smallest absolute Gasteiger partial charge is 0.322 e. The van der Waals surface area contributed by atoms with E-state index in [4.69, 9.17) is 0 Å². The lowest BCUT2D eigenvalue weighted by atomic mass is 10.0. The Morgan fingerprint density at radius 2 is 1.79 bits per heavy atom. The summed E-state index contributed by atoms with van der Waals surface area (Å²) in [5.74, 6) is -0.651. The van der Waals surface area contributed by atoms with Gasteiger partial charge in [-0.15, -0.1) is 0 Å². The number of H-pyrrole nitrogens is 1. The molecule has 170 valence electrons. The molecule has 0 aliphatic carbocycles. The van der Waals surface area contributed by atoms with E-state index < -0.39 is 11.8 Å². The van der Waals surface area contributed by atoms with Gasteiger partial charge in [0.1, 0.15) is 5.82 Å². The number of nitrogens with zero attached hydrogens (tertiary/aromatic N) is 2. The van der Waals surface area contributed by atoms with E-state index in [0.717, 1.165) is 16.5 Å². The zero-order chi connectivity index (χ0) is 22.9. The number of hydrogen-bond acceptors (Lipinski definition) is 3. The van der Waals surface area contributed by atoms with Crippen molar-refractivity contribution in [3.05, 3.63) is 59.5 Å². The number of aromatic nitrogens is 1. The first-order chi connectivity index (χ1) is 16.0. The first kappa shape index (κ1) is 21.0. The molecule has 2 aliphatic heterocycles. The Bertz CT molecular complexity index is 1250. The number of amides is 4. The number of carbonyl (C=O) groups excluding carboxylic acids is 3. The highest BCUT2D eigenvalue weighted by atomic mass is 19.1. The number of aryl methyl sites for hydroxylation is 1. The average molecular weight is 449 g/mol. The third-order valence-corrected chi connectivity index (χ3v) is 6.27. The topological polar surface area (TPSA) is 97.5 Å². The molecule has 3 N–H and O–H groups in total. The van der Waals surface area contributed by atoms with Gasteiger partial charge in [-0.1, -0.05) is 18.2 Å². The van der Waals surface area contributed by atoms with Crippen molar-refractivity contribution in [2.24, 2.45) is 0 Å². The highest BCUT2D eigenvalue weighted by Gasteiger charge is 2.26. The maximum absolute atomic E-state index is 14.5.